The summed E-state index contributed by atoms with van der Waals surface area (Å²) in [6, 6.07) is 0. The number of carboxylic acids is 1. The summed E-state index contributed by atoms with van der Waals surface area (Å²) in [7, 11) is 0. The third-order valence-electron chi connectivity index (χ3n) is 4.52. The van der Waals surface area contributed by atoms with Crippen molar-refractivity contribution in [1.82, 2.24) is 0 Å². The zero-order chi connectivity index (χ0) is 16.3. The summed E-state index contributed by atoms with van der Waals surface area (Å²) in [4.78, 5) is 10.5. The van der Waals surface area contributed by atoms with E-state index in [0.29, 0.717) is 11.8 Å². The summed E-state index contributed by atoms with van der Waals surface area (Å²) >= 11 is 0. The van der Waals surface area contributed by atoms with Crippen molar-refractivity contribution >= 4 is 5.97 Å². The van der Waals surface area contributed by atoms with E-state index in [-0.39, 0.29) is 0 Å². The molecule has 1 N–H and O–H groups in total. The van der Waals surface area contributed by atoms with E-state index in [9.17, 15) is 4.79 Å². The van der Waals surface area contributed by atoms with Gasteiger partial charge in [-0.05, 0) is 36.5 Å². The fraction of sp³-hybridized carbons (Fsp3) is 0.947. The van der Waals surface area contributed by atoms with E-state index < -0.39 is 5.97 Å². The Bertz CT molecular complexity index is 269. The van der Waals surface area contributed by atoms with E-state index in [4.69, 9.17) is 5.11 Å². The van der Waals surface area contributed by atoms with Gasteiger partial charge in [-0.3, -0.25) is 4.79 Å². The van der Waals surface area contributed by atoms with E-state index >= 15 is 0 Å². The summed E-state index contributed by atoms with van der Waals surface area (Å²) < 4.78 is 0. The van der Waals surface area contributed by atoms with E-state index in [2.05, 4.69) is 34.6 Å². The lowest BCUT2D eigenvalue weighted by atomic mass is 9.81. The Labute approximate surface area is 132 Å². The third kappa shape index (κ3) is 14.2. The molecule has 0 bridgehead atoms. The van der Waals surface area contributed by atoms with Gasteiger partial charge in [-0.2, -0.15) is 0 Å². The van der Waals surface area contributed by atoms with Gasteiger partial charge >= 0.3 is 5.97 Å². The SMILES string of the molecule is CC(C)CCCC(C)CCCC(C)(C)CCCCC(=O)O. The highest BCUT2D eigenvalue weighted by atomic mass is 16.4. The van der Waals surface area contributed by atoms with Gasteiger partial charge in [0, 0.05) is 6.42 Å². The first-order valence-electron chi connectivity index (χ1n) is 8.95. The summed E-state index contributed by atoms with van der Waals surface area (Å²) in [5, 5.41) is 8.65. The Kier molecular flexibility index (Phi) is 10.8. The quantitative estimate of drug-likeness (QED) is 0.406. The maximum atomic E-state index is 10.5. The van der Waals surface area contributed by atoms with Crippen LogP contribution in [0.25, 0.3) is 0 Å². The van der Waals surface area contributed by atoms with Gasteiger partial charge in [0.05, 0.1) is 0 Å². The fourth-order valence-corrected chi connectivity index (χ4v) is 2.95. The lowest BCUT2D eigenvalue weighted by molar-refractivity contribution is -0.137. The molecule has 0 rings (SSSR count). The summed E-state index contributed by atoms with van der Waals surface area (Å²) in [6.45, 7) is 11.7. The largest absolute Gasteiger partial charge is 0.481 e. The van der Waals surface area contributed by atoms with Gasteiger partial charge in [-0.15, -0.1) is 0 Å². The summed E-state index contributed by atoms with van der Waals surface area (Å²) in [6.07, 6.45) is 11.4. The standard InChI is InChI=1S/C19H38O2/c1-16(2)10-8-11-17(3)12-9-15-19(4,5)14-7-6-13-18(20)21/h16-17H,6-15H2,1-5H3,(H,20,21). The van der Waals surface area contributed by atoms with Gasteiger partial charge in [0.2, 0.25) is 0 Å². The fourth-order valence-electron chi connectivity index (χ4n) is 2.95. The maximum absolute atomic E-state index is 10.5. The minimum Gasteiger partial charge on any atom is -0.481 e. The van der Waals surface area contributed by atoms with Crippen molar-refractivity contribution in [3.05, 3.63) is 0 Å². The molecule has 0 fully saturated rings. The number of hydrogen-bond acceptors (Lipinski definition) is 1. The van der Waals surface area contributed by atoms with Crippen LogP contribution in [0.2, 0.25) is 0 Å². The van der Waals surface area contributed by atoms with Crippen LogP contribution in [0.15, 0.2) is 0 Å². The number of aliphatic carboxylic acids is 1. The second-order valence-electron chi connectivity index (χ2n) is 8.09. The van der Waals surface area contributed by atoms with Crippen LogP contribution in [0.1, 0.15) is 98.8 Å². The highest BCUT2D eigenvalue weighted by Crippen LogP contribution is 2.31. The second kappa shape index (κ2) is 11.1. The first-order valence-corrected chi connectivity index (χ1v) is 8.95. The number of unbranched alkanes of at least 4 members (excludes halogenated alkanes) is 1. The second-order valence-corrected chi connectivity index (χ2v) is 8.09. The Balaban J connectivity index is 3.65. The molecule has 0 heterocycles. The Morgan fingerprint density at radius 3 is 2.05 bits per heavy atom. The highest BCUT2D eigenvalue weighted by Gasteiger charge is 2.17. The van der Waals surface area contributed by atoms with E-state index in [0.717, 1.165) is 31.1 Å². The van der Waals surface area contributed by atoms with Crippen LogP contribution >= 0.6 is 0 Å². The van der Waals surface area contributed by atoms with Crippen molar-refractivity contribution in [2.45, 2.75) is 98.8 Å². The molecule has 0 aliphatic heterocycles. The van der Waals surface area contributed by atoms with Crippen molar-refractivity contribution in [3.63, 3.8) is 0 Å². The molecule has 0 aliphatic carbocycles. The molecular formula is C19H38O2. The minimum atomic E-state index is -0.664. The van der Waals surface area contributed by atoms with Crippen LogP contribution in [-0.4, -0.2) is 11.1 Å². The minimum absolute atomic E-state index is 0.322. The molecule has 126 valence electrons. The van der Waals surface area contributed by atoms with Gasteiger partial charge in [0.15, 0.2) is 0 Å². The molecule has 0 aromatic carbocycles. The van der Waals surface area contributed by atoms with Crippen LogP contribution in [0.5, 0.6) is 0 Å². The Morgan fingerprint density at radius 2 is 1.48 bits per heavy atom. The molecule has 0 aliphatic rings. The number of carbonyl (C=O) groups is 1. The predicted molar refractivity (Wildman–Crippen MR) is 91.6 cm³/mol. The molecule has 0 radical (unpaired) electrons. The van der Waals surface area contributed by atoms with Crippen molar-refractivity contribution in [2.75, 3.05) is 0 Å². The average Bonchev–Trinajstić information content (AvgIpc) is 2.34. The van der Waals surface area contributed by atoms with Crippen molar-refractivity contribution in [3.8, 4) is 0 Å². The molecule has 0 saturated carbocycles. The van der Waals surface area contributed by atoms with Gasteiger partial charge < -0.3 is 5.11 Å². The van der Waals surface area contributed by atoms with E-state index in [1.54, 1.807) is 0 Å². The third-order valence-corrected chi connectivity index (χ3v) is 4.52. The van der Waals surface area contributed by atoms with Crippen LogP contribution in [0.3, 0.4) is 0 Å². The van der Waals surface area contributed by atoms with E-state index in [1.807, 2.05) is 0 Å². The molecule has 2 heteroatoms. The normalized spacial score (nSPS) is 13.6. The van der Waals surface area contributed by atoms with Gasteiger partial charge in [0.25, 0.3) is 0 Å². The summed E-state index contributed by atoms with van der Waals surface area (Å²) in [5.41, 5.74) is 0.371. The van der Waals surface area contributed by atoms with Crippen LogP contribution in [-0.2, 0) is 4.79 Å². The number of carboxylic acid groups (broad SMARTS) is 1. The molecule has 0 saturated heterocycles. The van der Waals surface area contributed by atoms with E-state index in [1.165, 1.54) is 38.5 Å². The molecule has 1 unspecified atom stereocenters. The van der Waals surface area contributed by atoms with Crippen LogP contribution in [0, 0.1) is 17.3 Å². The Morgan fingerprint density at radius 1 is 0.905 bits per heavy atom. The molecular weight excluding hydrogens is 260 g/mol. The summed E-state index contributed by atoms with van der Waals surface area (Å²) in [5.74, 6) is 1.02. The van der Waals surface area contributed by atoms with Crippen LogP contribution in [0.4, 0.5) is 0 Å². The molecule has 0 aromatic heterocycles. The topological polar surface area (TPSA) is 37.3 Å². The van der Waals surface area contributed by atoms with Crippen LogP contribution < -0.4 is 0 Å². The first kappa shape index (κ1) is 20.5. The maximum Gasteiger partial charge on any atom is 0.303 e. The molecule has 2 nitrogen and oxygen atoms in total. The van der Waals surface area contributed by atoms with Crippen molar-refractivity contribution in [2.24, 2.45) is 17.3 Å². The monoisotopic (exact) mass is 298 g/mol. The molecule has 0 spiro atoms. The lowest BCUT2D eigenvalue weighted by Gasteiger charge is -2.25. The van der Waals surface area contributed by atoms with Crippen molar-refractivity contribution in [1.29, 1.82) is 0 Å². The zero-order valence-electron chi connectivity index (χ0n) is 15.1. The smallest absolute Gasteiger partial charge is 0.303 e. The number of hydrogen-bond donors (Lipinski definition) is 1. The van der Waals surface area contributed by atoms with Gasteiger partial charge in [-0.25, -0.2) is 0 Å². The molecule has 0 aromatic rings. The predicted octanol–water partition coefficient (Wildman–Crippen LogP) is 6.29. The molecule has 21 heavy (non-hydrogen) atoms. The van der Waals surface area contributed by atoms with Gasteiger partial charge in [-0.1, -0.05) is 73.1 Å². The first-order chi connectivity index (χ1) is 9.73. The van der Waals surface area contributed by atoms with Crippen molar-refractivity contribution < 1.29 is 9.90 Å². The molecule has 0 amide bonds. The van der Waals surface area contributed by atoms with Gasteiger partial charge in [0.1, 0.15) is 0 Å². The lowest BCUT2D eigenvalue weighted by Crippen LogP contribution is -2.12. The zero-order valence-corrected chi connectivity index (χ0v) is 15.1. The highest BCUT2D eigenvalue weighted by molar-refractivity contribution is 5.66. The number of rotatable bonds is 13. The average molecular weight is 299 g/mol. The molecule has 1 atom stereocenters. The Hall–Kier alpha value is -0.530.